The van der Waals surface area contributed by atoms with E-state index in [1.165, 1.54) is 18.4 Å². The second-order valence-corrected chi connectivity index (χ2v) is 10.3. The van der Waals surface area contributed by atoms with Gasteiger partial charge in [0.1, 0.15) is 5.78 Å². The maximum absolute atomic E-state index is 12.3. The van der Waals surface area contributed by atoms with Crippen LogP contribution in [-0.4, -0.2) is 22.2 Å². The van der Waals surface area contributed by atoms with E-state index in [4.69, 9.17) is 12.6 Å². The molecule has 0 heterocycles. The molecular formula is C21H32O2S. The van der Waals surface area contributed by atoms with Crippen LogP contribution in [0.2, 0.25) is 0 Å². The zero-order valence-corrected chi connectivity index (χ0v) is 16.2. The van der Waals surface area contributed by atoms with Crippen LogP contribution in [0.25, 0.3) is 0 Å². The first kappa shape index (κ1) is 17.1. The van der Waals surface area contributed by atoms with Gasteiger partial charge in [0, 0.05) is 11.2 Å². The summed E-state index contributed by atoms with van der Waals surface area (Å²) < 4.78 is 0. The van der Waals surface area contributed by atoms with E-state index in [9.17, 15) is 9.90 Å². The summed E-state index contributed by atoms with van der Waals surface area (Å²) in [5.41, 5.74) is 1.95. The molecule has 4 aliphatic rings. The third-order valence-corrected chi connectivity index (χ3v) is 9.05. The fourth-order valence-corrected chi connectivity index (χ4v) is 8.17. The number of Topliss-reactive ketones (excluding diaryl/α,β-unsaturated/α-hetero) is 1. The minimum Gasteiger partial charge on any atom is -0.393 e. The molecule has 0 aromatic rings. The largest absolute Gasteiger partial charge is 0.393 e. The molecule has 0 aromatic heterocycles. The highest BCUT2D eigenvalue weighted by Crippen LogP contribution is 2.66. The maximum Gasteiger partial charge on any atom is 0.134 e. The van der Waals surface area contributed by atoms with Gasteiger partial charge in [0.15, 0.2) is 0 Å². The van der Waals surface area contributed by atoms with Gasteiger partial charge in [-0.1, -0.05) is 25.5 Å². The van der Waals surface area contributed by atoms with Crippen molar-refractivity contribution in [1.82, 2.24) is 0 Å². The Morgan fingerprint density at radius 2 is 2.00 bits per heavy atom. The SMILES string of the molecule is CC(=O)[C@H]1[C@H](S)C[C@H]2[C@@H]3CC=C4C[C@@H](O)CC[C@]4(C)[C@H]3CC[C@@]21C. The number of fused-ring (bicyclic) bond motifs is 5. The topological polar surface area (TPSA) is 37.3 Å². The molecule has 24 heavy (non-hydrogen) atoms. The predicted octanol–water partition coefficient (Wildman–Crippen LogP) is 4.42. The van der Waals surface area contributed by atoms with Crippen molar-refractivity contribution in [2.45, 2.75) is 77.1 Å². The van der Waals surface area contributed by atoms with Gasteiger partial charge in [-0.2, -0.15) is 12.6 Å². The van der Waals surface area contributed by atoms with E-state index in [1.807, 2.05) is 0 Å². The number of aliphatic hydroxyl groups excluding tert-OH is 1. The predicted molar refractivity (Wildman–Crippen MR) is 100 cm³/mol. The fourth-order valence-electron chi connectivity index (χ4n) is 7.39. The van der Waals surface area contributed by atoms with Crippen molar-refractivity contribution in [3.8, 4) is 0 Å². The molecule has 0 spiro atoms. The van der Waals surface area contributed by atoms with Gasteiger partial charge in [-0.05, 0) is 80.5 Å². The smallest absolute Gasteiger partial charge is 0.134 e. The van der Waals surface area contributed by atoms with Crippen LogP contribution in [0, 0.1) is 34.5 Å². The van der Waals surface area contributed by atoms with Crippen molar-refractivity contribution >= 4 is 18.4 Å². The molecule has 3 heteroatoms. The first-order valence-electron chi connectivity index (χ1n) is 9.83. The Hall–Kier alpha value is -0.280. The molecule has 0 amide bonds. The van der Waals surface area contributed by atoms with Gasteiger partial charge in [-0.3, -0.25) is 4.79 Å². The number of rotatable bonds is 1. The number of ketones is 1. The first-order valence-corrected chi connectivity index (χ1v) is 10.3. The molecule has 8 atom stereocenters. The molecule has 0 unspecified atom stereocenters. The van der Waals surface area contributed by atoms with Crippen LogP contribution < -0.4 is 0 Å². The molecule has 0 radical (unpaired) electrons. The summed E-state index contributed by atoms with van der Waals surface area (Å²) >= 11 is 4.85. The minimum absolute atomic E-state index is 0.134. The van der Waals surface area contributed by atoms with E-state index in [1.54, 1.807) is 6.92 Å². The van der Waals surface area contributed by atoms with E-state index < -0.39 is 0 Å². The van der Waals surface area contributed by atoms with E-state index in [0.29, 0.717) is 17.6 Å². The Morgan fingerprint density at radius 3 is 2.71 bits per heavy atom. The number of aliphatic hydroxyl groups is 1. The van der Waals surface area contributed by atoms with Crippen LogP contribution in [0.1, 0.15) is 65.7 Å². The Labute approximate surface area is 151 Å². The summed E-state index contributed by atoms with van der Waals surface area (Å²) in [5.74, 6) is 2.55. The molecule has 1 N–H and O–H groups in total. The standard InChI is InChI=1S/C21H32O2S/c1-12(22)19-18(24)11-17-15-5-4-13-10-14(23)6-8-20(13,2)16(15)7-9-21(17,19)3/h4,14-19,23-24H,5-11H2,1-3H3/t14-,15+,16-,17-,18+,19-,20-,21-/m0/s1. The number of hydrogen-bond acceptors (Lipinski definition) is 3. The molecule has 2 nitrogen and oxygen atoms in total. The molecule has 0 bridgehead atoms. The van der Waals surface area contributed by atoms with Crippen molar-refractivity contribution in [1.29, 1.82) is 0 Å². The van der Waals surface area contributed by atoms with Crippen LogP contribution in [0.3, 0.4) is 0 Å². The number of carbonyl (C=O) groups excluding carboxylic acids is 1. The first-order chi connectivity index (χ1) is 11.3. The van der Waals surface area contributed by atoms with Gasteiger partial charge < -0.3 is 5.11 Å². The van der Waals surface area contributed by atoms with Crippen molar-refractivity contribution < 1.29 is 9.90 Å². The molecule has 3 saturated carbocycles. The number of allylic oxidation sites excluding steroid dienone is 1. The van der Waals surface area contributed by atoms with Crippen LogP contribution in [0.5, 0.6) is 0 Å². The van der Waals surface area contributed by atoms with Crippen molar-refractivity contribution in [2.24, 2.45) is 34.5 Å². The van der Waals surface area contributed by atoms with Crippen LogP contribution in [0.4, 0.5) is 0 Å². The van der Waals surface area contributed by atoms with Crippen molar-refractivity contribution in [3.63, 3.8) is 0 Å². The third-order valence-electron chi connectivity index (χ3n) is 8.54. The van der Waals surface area contributed by atoms with Crippen LogP contribution >= 0.6 is 12.6 Å². The van der Waals surface area contributed by atoms with Gasteiger partial charge in [0.05, 0.1) is 6.10 Å². The Kier molecular flexibility index (Phi) is 4.01. The quantitative estimate of drug-likeness (QED) is 0.543. The number of carbonyl (C=O) groups is 1. The van der Waals surface area contributed by atoms with Crippen molar-refractivity contribution in [3.05, 3.63) is 11.6 Å². The Bertz CT molecular complexity index is 584. The molecule has 0 saturated heterocycles. The Morgan fingerprint density at radius 1 is 1.25 bits per heavy atom. The van der Waals surface area contributed by atoms with Gasteiger partial charge in [0.2, 0.25) is 0 Å². The lowest BCUT2D eigenvalue weighted by atomic mass is 9.47. The molecular weight excluding hydrogens is 316 g/mol. The second kappa shape index (κ2) is 5.61. The van der Waals surface area contributed by atoms with E-state index in [2.05, 4.69) is 19.9 Å². The molecule has 4 aliphatic carbocycles. The van der Waals surface area contributed by atoms with E-state index >= 15 is 0 Å². The molecule has 134 valence electrons. The number of hydrogen-bond donors (Lipinski definition) is 2. The molecule has 0 aromatic carbocycles. The highest BCUT2D eigenvalue weighted by Gasteiger charge is 2.61. The monoisotopic (exact) mass is 348 g/mol. The minimum atomic E-state index is -0.134. The fraction of sp³-hybridized carbons (Fsp3) is 0.857. The lowest BCUT2D eigenvalue weighted by Crippen LogP contribution is -2.51. The van der Waals surface area contributed by atoms with E-state index in [-0.39, 0.29) is 28.1 Å². The highest BCUT2D eigenvalue weighted by molar-refractivity contribution is 7.81. The lowest BCUT2D eigenvalue weighted by Gasteiger charge is -2.57. The summed E-state index contributed by atoms with van der Waals surface area (Å²) in [6.45, 7) is 6.61. The van der Waals surface area contributed by atoms with Crippen LogP contribution in [-0.2, 0) is 4.79 Å². The normalized spacial score (nSPS) is 53.6. The molecule has 3 fully saturated rings. The lowest BCUT2D eigenvalue weighted by molar-refractivity contribution is -0.127. The summed E-state index contributed by atoms with van der Waals surface area (Å²) in [6.07, 6.45) is 9.95. The highest BCUT2D eigenvalue weighted by atomic mass is 32.1. The zero-order valence-electron chi connectivity index (χ0n) is 15.3. The van der Waals surface area contributed by atoms with E-state index in [0.717, 1.165) is 38.0 Å². The molecule has 4 rings (SSSR count). The van der Waals surface area contributed by atoms with Gasteiger partial charge in [-0.25, -0.2) is 0 Å². The summed E-state index contributed by atoms with van der Waals surface area (Å²) in [7, 11) is 0. The summed E-state index contributed by atoms with van der Waals surface area (Å²) in [5, 5.41) is 10.3. The van der Waals surface area contributed by atoms with Gasteiger partial charge >= 0.3 is 0 Å². The summed E-state index contributed by atoms with van der Waals surface area (Å²) in [4.78, 5) is 12.3. The average molecular weight is 349 g/mol. The van der Waals surface area contributed by atoms with Crippen molar-refractivity contribution in [2.75, 3.05) is 0 Å². The average Bonchev–Trinajstić information content (AvgIpc) is 2.78. The second-order valence-electron chi connectivity index (χ2n) is 9.59. The Balaban J connectivity index is 1.68. The maximum atomic E-state index is 12.3. The summed E-state index contributed by atoms with van der Waals surface area (Å²) in [6, 6.07) is 0. The third kappa shape index (κ3) is 2.23. The zero-order chi connectivity index (χ0) is 17.3. The number of thiol groups is 1. The molecule has 0 aliphatic heterocycles. The van der Waals surface area contributed by atoms with Gasteiger partial charge in [-0.15, -0.1) is 0 Å². The van der Waals surface area contributed by atoms with Crippen LogP contribution in [0.15, 0.2) is 11.6 Å². The van der Waals surface area contributed by atoms with Gasteiger partial charge in [0.25, 0.3) is 0 Å².